The lowest BCUT2D eigenvalue weighted by molar-refractivity contribution is 0.108. The molecule has 1 aromatic carbocycles. The van der Waals surface area contributed by atoms with E-state index in [0.717, 1.165) is 12.1 Å². The van der Waals surface area contributed by atoms with Crippen LogP contribution in [0.5, 0.6) is 0 Å². The Morgan fingerprint density at radius 3 is 2.33 bits per heavy atom. The molecular formula is C8H11B2NO. The zero-order valence-electron chi connectivity index (χ0n) is 7.42. The van der Waals surface area contributed by atoms with E-state index in [1.54, 1.807) is 7.85 Å². The molecule has 1 N–H and O–H groups in total. The third-order valence-electron chi connectivity index (χ3n) is 1.74. The van der Waals surface area contributed by atoms with E-state index in [0.29, 0.717) is 0 Å². The molecule has 0 amide bonds. The number of rotatable bonds is 3. The van der Waals surface area contributed by atoms with Gasteiger partial charge in [-0.25, -0.2) is 0 Å². The molecule has 0 aliphatic rings. The van der Waals surface area contributed by atoms with E-state index < -0.39 is 0 Å². The van der Waals surface area contributed by atoms with Gasteiger partial charge in [0.05, 0.1) is 0 Å². The van der Waals surface area contributed by atoms with Crippen molar-refractivity contribution in [1.29, 1.82) is 0 Å². The third kappa shape index (κ3) is 2.24. The van der Waals surface area contributed by atoms with Crippen molar-refractivity contribution in [2.24, 2.45) is 0 Å². The summed E-state index contributed by atoms with van der Waals surface area (Å²) in [4.78, 5) is 10.9. The Hall–Kier alpha value is -1.02. The van der Waals surface area contributed by atoms with Crippen molar-refractivity contribution in [3.63, 3.8) is 0 Å². The Balaban J connectivity index is 2.78. The fourth-order valence-electron chi connectivity index (χ4n) is 1.06. The molecule has 0 heterocycles. The number of carbonyl (C=O) groups excluding carboxylic acids is 1. The van der Waals surface area contributed by atoms with Gasteiger partial charge < -0.3 is 10.0 Å². The lowest BCUT2D eigenvalue weighted by atomic mass is 9.94. The van der Waals surface area contributed by atoms with Crippen LogP contribution in [-0.4, -0.2) is 21.5 Å². The van der Waals surface area contributed by atoms with E-state index in [9.17, 15) is 4.79 Å². The first-order valence-corrected chi connectivity index (χ1v) is 3.98. The minimum Gasteiger partial charge on any atom is -0.358 e. The van der Waals surface area contributed by atoms with Crippen LogP contribution >= 0.6 is 0 Å². The molecule has 0 aromatic heterocycles. The standard InChI is InChI=1S/C8H11B2NO/c9-8(12)7-3-1-6(2-4-7)5-11-10/h1-4,11H,5,9-10H2. The van der Waals surface area contributed by atoms with E-state index in [-0.39, 0.29) is 5.68 Å². The summed E-state index contributed by atoms with van der Waals surface area (Å²) in [7, 11) is 3.48. The van der Waals surface area contributed by atoms with E-state index in [2.05, 4.69) is 5.23 Å². The number of carbonyl (C=O) groups is 1. The smallest absolute Gasteiger partial charge is 0.193 e. The van der Waals surface area contributed by atoms with Crippen LogP contribution in [0, 0.1) is 0 Å². The first kappa shape index (κ1) is 9.07. The van der Waals surface area contributed by atoms with Crippen molar-refractivity contribution in [2.75, 3.05) is 0 Å². The van der Waals surface area contributed by atoms with Gasteiger partial charge >= 0.3 is 0 Å². The molecule has 0 spiro atoms. The van der Waals surface area contributed by atoms with Crippen LogP contribution in [0.3, 0.4) is 0 Å². The molecule has 4 heteroatoms. The van der Waals surface area contributed by atoms with Crippen LogP contribution in [0.4, 0.5) is 0 Å². The summed E-state index contributed by atoms with van der Waals surface area (Å²) in [5.41, 5.74) is 2.09. The maximum atomic E-state index is 10.9. The zero-order valence-corrected chi connectivity index (χ0v) is 7.42. The van der Waals surface area contributed by atoms with Gasteiger partial charge in [0, 0.05) is 12.1 Å². The van der Waals surface area contributed by atoms with Gasteiger partial charge in [0.1, 0.15) is 5.68 Å². The Bertz CT molecular complexity index is 271. The van der Waals surface area contributed by atoms with Gasteiger partial charge in [-0.1, -0.05) is 24.3 Å². The quantitative estimate of drug-likeness (QED) is 0.578. The molecule has 60 valence electrons. The van der Waals surface area contributed by atoms with E-state index >= 15 is 0 Å². The summed E-state index contributed by atoms with van der Waals surface area (Å²) in [6, 6.07) is 7.64. The predicted octanol–water partition coefficient (Wildman–Crippen LogP) is -0.902. The van der Waals surface area contributed by atoms with Gasteiger partial charge in [0.25, 0.3) is 0 Å². The summed E-state index contributed by atoms with van der Waals surface area (Å²) in [5, 5.41) is 3.05. The van der Waals surface area contributed by atoms with Crippen LogP contribution in [0.15, 0.2) is 24.3 Å². The van der Waals surface area contributed by atoms with Crippen molar-refractivity contribution in [3.05, 3.63) is 35.4 Å². The summed E-state index contributed by atoms with van der Waals surface area (Å²) in [6.45, 7) is 0.845. The number of hydrogen-bond acceptors (Lipinski definition) is 2. The van der Waals surface area contributed by atoms with Crippen LogP contribution in [0.1, 0.15) is 15.9 Å². The molecule has 0 saturated carbocycles. The average Bonchev–Trinajstić information content (AvgIpc) is 2.06. The fourth-order valence-corrected chi connectivity index (χ4v) is 1.06. The van der Waals surface area contributed by atoms with E-state index in [1.165, 1.54) is 5.56 Å². The second kappa shape index (κ2) is 4.12. The fraction of sp³-hybridized carbons (Fsp3) is 0.125. The minimum atomic E-state index is 0.117. The Morgan fingerprint density at radius 1 is 1.33 bits per heavy atom. The highest BCUT2D eigenvalue weighted by molar-refractivity contribution is 6.62. The molecule has 1 aromatic rings. The molecule has 0 atom stereocenters. The molecule has 0 aliphatic carbocycles. The van der Waals surface area contributed by atoms with Crippen molar-refractivity contribution >= 4 is 21.5 Å². The van der Waals surface area contributed by atoms with Crippen LogP contribution in [0.2, 0.25) is 0 Å². The maximum absolute atomic E-state index is 10.9. The second-order valence-corrected chi connectivity index (χ2v) is 2.78. The van der Waals surface area contributed by atoms with Gasteiger partial charge in [0.15, 0.2) is 15.8 Å². The van der Waals surface area contributed by atoms with Crippen molar-refractivity contribution in [2.45, 2.75) is 6.54 Å². The van der Waals surface area contributed by atoms with Gasteiger partial charge in [0.2, 0.25) is 0 Å². The summed E-state index contributed by atoms with van der Waals surface area (Å²) >= 11 is 0. The van der Waals surface area contributed by atoms with E-state index in [1.807, 2.05) is 32.2 Å². The number of benzene rings is 1. The highest BCUT2D eigenvalue weighted by atomic mass is 16.1. The number of hydrogen-bond donors (Lipinski definition) is 1. The number of nitrogens with one attached hydrogen (secondary N) is 1. The molecule has 0 radical (unpaired) electrons. The minimum absolute atomic E-state index is 0.117. The average molecular weight is 159 g/mol. The predicted molar refractivity (Wildman–Crippen MR) is 54.7 cm³/mol. The van der Waals surface area contributed by atoms with Gasteiger partial charge in [-0.2, -0.15) is 0 Å². The first-order valence-electron chi connectivity index (χ1n) is 3.98. The Kier molecular flexibility index (Phi) is 3.11. The second-order valence-electron chi connectivity index (χ2n) is 2.78. The summed E-state index contributed by atoms with van der Waals surface area (Å²) in [5.74, 6) is 0. The lowest BCUT2D eigenvalue weighted by Gasteiger charge is -2.00. The Morgan fingerprint density at radius 2 is 1.92 bits per heavy atom. The largest absolute Gasteiger partial charge is 0.358 e. The molecule has 2 nitrogen and oxygen atoms in total. The topological polar surface area (TPSA) is 29.1 Å². The van der Waals surface area contributed by atoms with Crippen molar-refractivity contribution < 1.29 is 4.79 Å². The molecule has 0 bridgehead atoms. The molecule has 0 unspecified atom stereocenters. The zero-order chi connectivity index (χ0) is 8.97. The van der Waals surface area contributed by atoms with Crippen molar-refractivity contribution in [3.8, 4) is 0 Å². The molecule has 0 aliphatic heterocycles. The molecule has 12 heavy (non-hydrogen) atoms. The SMILES string of the molecule is BNCc1ccc(C(B)=O)cc1. The summed E-state index contributed by atoms with van der Waals surface area (Å²) < 4.78 is 0. The molecular weight excluding hydrogens is 148 g/mol. The maximum Gasteiger partial charge on any atom is 0.193 e. The lowest BCUT2D eigenvalue weighted by Crippen LogP contribution is -2.07. The molecule has 0 saturated heterocycles. The van der Waals surface area contributed by atoms with E-state index in [4.69, 9.17) is 0 Å². The van der Waals surface area contributed by atoms with Gasteiger partial charge in [-0.05, 0) is 5.56 Å². The Labute approximate surface area is 74.2 Å². The molecule has 1 rings (SSSR count). The van der Waals surface area contributed by atoms with Gasteiger partial charge in [-0.15, -0.1) is 0 Å². The highest BCUT2D eigenvalue weighted by Gasteiger charge is 1.97. The highest BCUT2D eigenvalue weighted by Crippen LogP contribution is 2.03. The normalized spacial score (nSPS) is 9.67. The van der Waals surface area contributed by atoms with Crippen molar-refractivity contribution in [1.82, 2.24) is 5.23 Å². The van der Waals surface area contributed by atoms with Crippen LogP contribution in [0.25, 0.3) is 0 Å². The summed E-state index contributed by atoms with van der Waals surface area (Å²) in [6.07, 6.45) is 0. The van der Waals surface area contributed by atoms with Crippen LogP contribution < -0.4 is 5.23 Å². The first-order chi connectivity index (χ1) is 5.74. The van der Waals surface area contributed by atoms with Crippen LogP contribution in [-0.2, 0) is 6.54 Å². The monoisotopic (exact) mass is 159 g/mol. The molecule has 0 fully saturated rings. The third-order valence-corrected chi connectivity index (χ3v) is 1.74. The van der Waals surface area contributed by atoms with Gasteiger partial charge in [-0.3, -0.25) is 0 Å².